The number of likely N-dealkylation sites (tertiary alicyclic amines) is 1. The van der Waals surface area contributed by atoms with Crippen LogP contribution in [0, 0.1) is 0 Å². The third-order valence-corrected chi connectivity index (χ3v) is 6.53. The van der Waals surface area contributed by atoms with Gasteiger partial charge in [0.1, 0.15) is 5.76 Å². The van der Waals surface area contributed by atoms with Crippen molar-refractivity contribution in [3.63, 3.8) is 0 Å². The molecule has 2 saturated heterocycles. The Morgan fingerprint density at radius 2 is 2.22 bits per heavy atom. The molecule has 2 fully saturated rings. The van der Waals surface area contributed by atoms with Gasteiger partial charge in [0.05, 0.1) is 5.75 Å². The summed E-state index contributed by atoms with van der Waals surface area (Å²) in [6.07, 6.45) is 3.21. The second kappa shape index (κ2) is 6.78. The molecule has 3 rings (SSSR count). The van der Waals surface area contributed by atoms with Crippen LogP contribution in [0.4, 0.5) is 0 Å². The van der Waals surface area contributed by atoms with Gasteiger partial charge in [-0.3, -0.25) is 4.79 Å². The summed E-state index contributed by atoms with van der Waals surface area (Å²) in [6, 6.07) is 1.58. The van der Waals surface area contributed by atoms with Crippen molar-refractivity contribution in [1.82, 2.24) is 14.4 Å². The molecule has 0 aromatic carbocycles. The van der Waals surface area contributed by atoms with E-state index in [0.717, 1.165) is 12.8 Å². The van der Waals surface area contributed by atoms with Gasteiger partial charge in [-0.2, -0.15) is 4.31 Å². The van der Waals surface area contributed by atoms with Crippen LogP contribution in [0.2, 0.25) is 5.15 Å². The Morgan fingerprint density at radius 3 is 2.87 bits per heavy atom. The minimum atomic E-state index is -3.12. The minimum Gasteiger partial charge on any atom is -0.360 e. The molecule has 1 amide bonds. The standard InChI is InChI=1S/C14H20ClN3O4S/c15-13-9-12(22-16-13)4-5-14(19)18-7-1-3-11(18)10-17-6-2-8-23(17,20)21/h9,11H,1-8,10H2/t11-/m1/s1. The molecular weight excluding hydrogens is 342 g/mol. The van der Waals surface area contributed by atoms with E-state index >= 15 is 0 Å². The molecule has 1 aromatic heterocycles. The Bertz CT molecular complexity index is 675. The zero-order valence-electron chi connectivity index (χ0n) is 12.8. The molecule has 23 heavy (non-hydrogen) atoms. The van der Waals surface area contributed by atoms with Crippen LogP contribution in [-0.4, -0.2) is 60.1 Å². The summed E-state index contributed by atoms with van der Waals surface area (Å²) in [5, 5.41) is 3.87. The van der Waals surface area contributed by atoms with Crippen LogP contribution in [0.15, 0.2) is 10.6 Å². The first-order valence-corrected chi connectivity index (χ1v) is 9.83. The smallest absolute Gasteiger partial charge is 0.223 e. The van der Waals surface area contributed by atoms with E-state index in [-0.39, 0.29) is 22.9 Å². The lowest BCUT2D eigenvalue weighted by Crippen LogP contribution is -2.43. The summed E-state index contributed by atoms with van der Waals surface area (Å²) in [4.78, 5) is 14.2. The zero-order valence-corrected chi connectivity index (χ0v) is 14.4. The molecule has 1 aromatic rings. The van der Waals surface area contributed by atoms with Crippen LogP contribution in [-0.2, 0) is 21.2 Å². The molecule has 0 unspecified atom stereocenters. The number of amides is 1. The second-order valence-corrected chi connectivity index (χ2v) is 8.50. The molecular formula is C14H20ClN3O4S. The maximum atomic E-state index is 12.4. The molecule has 0 radical (unpaired) electrons. The van der Waals surface area contributed by atoms with Gasteiger partial charge in [0.25, 0.3) is 0 Å². The number of aryl methyl sites for hydroxylation is 1. The fraction of sp³-hybridized carbons (Fsp3) is 0.714. The van der Waals surface area contributed by atoms with Gasteiger partial charge < -0.3 is 9.42 Å². The van der Waals surface area contributed by atoms with E-state index in [2.05, 4.69) is 5.16 Å². The fourth-order valence-electron chi connectivity index (χ4n) is 3.26. The first-order valence-electron chi connectivity index (χ1n) is 7.84. The van der Waals surface area contributed by atoms with Gasteiger partial charge in [0.2, 0.25) is 15.9 Å². The van der Waals surface area contributed by atoms with Crippen LogP contribution < -0.4 is 0 Å². The molecule has 7 nitrogen and oxygen atoms in total. The molecule has 128 valence electrons. The van der Waals surface area contributed by atoms with Gasteiger partial charge in [-0.25, -0.2) is 8.42 Å². The van der Waals surface area contributed by atoms with Crippen molar-refractivity contribution >= 4 is 27.5 Å². The molecule has 1 atom stereocenters. The molecule has 0 spiro atoms. The van der Waals surface area contributed by atoms with Gasteiger partial charge in [-0.15, -0.1) is 0 Å². The maximum Gasteiger partial charge on any atom is 0.223 e. The van der Waals surface area contributed by atoms with Gasteiger partial charge in [0.15, 0.2) is 5.15 Å². The highest BCUT2D eigenvalue weighted by Crippen LogP contribution is 2.23. The molecule has 0 aliphatic carbocycles. The predicted molar refractivity (Wildman–Crippen MR) is 84.5 cm³/mol. The first kappa shape index (κ1) is 16.7. The number of halogens is 1. The zero-order chi connectivity index (χ0) is 16.4. The Kier molecular flexibility index (Phi) is 4.93. The number of rotatable bonds is 5. The van der Waals surface area contributed by atoms with Crippen LogP contribution in [0.5, 0.6) is 0 Å². The summed E-state index contributed by atoms with van der Waals surface area (Å²) in [7, 11) is -3.12. The lowest BCUT2D eigenvalue weighted by atomic mass is 10.2. The Balaban J connectivity index is 1.56. The SMILES string of the molecule is O=C(CCc1cc(Cl)no1)N1CCC[C@@H]1CN1CCCS1(=O)=O. The molecule has 2 aliphatic heterocycles. The Labute approximate surface area is 140 Å². The average Bonchev–Trinajstić information content (AvgIpc) is 3.19. The van der Waals surface area contributed by atoms with Crippen LogP contribution in [0.1, 0.15) is 31.4 Å². The average molecular weight is 362 g/mol. The van der Waals surface area contributed by atoms with Crippen molar-refractivity contribution in [3.8, 4) is 0 Å². The lowest BCUT2D eigenvalue weighted by molar-refractivity contribution is -0.132. The molecule has 0 N–H and O–H groups in total. The molecule has 9 heteroatoms. The number of carbonyl (C=O) groups is 1. The van der Waals surface area contributed by atoms with Crippen molar-refractivity contribution in [2.75, 3.05) is 25.4 Å². The maximum absolute atomic E-state index is 12.4. The number of carbonyl (C=O) groups excluding carboxylic acids is 1. The quantitative estimate of drug-likeness (QED) is 0.789. The summed E-state index contributed by atoms with van der Waals surface area (Å²) in [6.45, 7) is 1.67. The fourth-order valence-corrected chi connectivity index (χ4v) is 4.98. The second-order valence-electron chi connectivity index (χ2n) is 6.03. The highest BCUT2D eigenvalue weighted by Gasteiger charge is 2.35. The molecule has 0 saturated carbocycles. The number of nitrogens with zero attached hydrogens (tertiary/aromatic N) is 3. The minimum absolute atomic E-state index is 0.0197. The van der Waals surface area contributed by atoms with Gasteiger partial charge in [-0.05, 0) is 19.3 Å². The van der Waals surface area contributed by atoms with E-state index in [4.69, 9.17) is 16.1 Å². The van der Waals surface area contributed by atoms with Crippen molar-refractivity contribution in [3.05, 3.63) is 17.0 Å². The molecule has 0 bridgehead atoms. The lowest BCUT2D eigenvalue weighted by Gasteiger charge is -2.28. The Hall–Kier alpha value is -1.12. The summed E-state index contributed by atoms with van der Waals surface area (Å²) in [5.74, 6) is 0.831. The summed E-state index contributed by atoms with van der Waals surface area (Å²) >= 11 is 5.69. The van der Waals surface area contributed by atoms with Crippen molar-refractivity contribution in [2.24, 2.45) is 0 Å². The topological polar surface area (TPSA) is 83.7 Å². The van der Waals surface area contributed by atoms with Gasteiger partial charge >= 0.3 is 0 Å². The summed E-state index contributed by atoms with van der Waals surface area (Å²) < 4.78 is 30.4. The molecule has 3 heterocycles. The van der Waals surface area contributed by atoms with Crippen LogP contribution >= 0.6 is 11.6 Å². The third kappa shape index (κ3) is 3.87. The van der Waals surface area contributed by atoms with E-state index < -0.39 is 10.0 Å². The van der Waals surface area contributed by atoms with Crippen LogP contribution in [0.3, 0.4) is 0 Å². The van der Waals surface area contributed by atoms with E-state index in [1.54, 1.807) is 6.07 Å². The normalized spacial score (nSPS) is 24.4. The van der Waals surface area contributed by atoms with Crippen molar-refractivity contribution in [2.45, 2.75) is 38.1 Å². The van der Waals surface area contributed by atoms with E-state index in [0.29, 0.717) is 44.7 Å². The first-order chi connectivity index (χ1) is 11.0. The van der Waals surface area contributed by atoms with Crippen LogP contribution in [0.25, 0.3) is 0 Å². The van der Waals surface area contributed by atoms with E-state index in [1.807, 2.05) is 4.90 Å². The Morgan fingerprint density at radius 1 is 1.39 bits per heavy atom. The number of hydrogen-bond donors (Lipinski definition) is 0. The van der Waals surface area contributed by atoms with Crippen molar-refractivity contribution in [1.29, 1.82) is 0 Å². The monoisotopic (exact) mass is 361 g/mol. The highest BCUT2D eigenvalue weighted by molar-refractivity contribution is 7.89. The van der Waals surface area contributed by atoms with Crippen molar-refractivity contribution < 1.29 is 17.7 Å². The van der Waals surface area contributed by atoms with E-state index in [9.17, 15) is 13.2 Å². The molecule has 2 aliphatic rings. The van der Waals surface area contributed by atoms with E-state index in [1.165, 1.54) is 4.31 Å². The highest BCUT2D eigenvalue weighted by atomic mass is 35.5. The third-order valence-electron chi connectivity index (χ3n) is 4.43. The number of aromatic nitrogens is 1. The largest absolute Gasteiger partial charge is 0.360 e. The predicted octanol–water partition coefficient (Wildman–Crippen LogP) is 1.29. The number of hydrogen-bond acceptors (Lipinski definition) is 5. The number of sulfonamides is 1. The summed E-state index contributed by atoms with van der Waals surface area (Å²) in [5.41, 5.74) is 0. The van der Waals surface area contributed by atoms with Gasteiger partial charge in [0, 0.05) is 44.6 Å². The van der Waals surface area contributed by atoms with Gasteiger partial charge in [-0.1, -0.05) is 16.8 Å².